The van der Waals surface area contributed by atoms with E-state index in [1.54, 1.807) is 12.4 Å². The Hall–Kier alpha value is -3.54. The summed E-state index contributed by atoms with van der Waals surface area (Å²) in [7, 11) is 0. The first kappa shape index (κ1) is 16.6. The molecule has 1 N–H and O–H groups in total. The number of anilines is 3. The molecule has 0 spiro atoms. The monoisotopic (exact) mass is 368 g/mol. The Balaban J connectivity index is 1.51. The van der Waals surface area contributed by atoms with Gasteiger partial charge in [0, 0.05) is 36.4 Å². The van der Waals surface area contributed by atoms with Crippen molar-refractivity contribution in [1.82, 2.24) is 19.9 Å². The highest BCUT2D eigenvalue weighted by atomic mass is 15.2. The molecule has 3 aromatic heterocycles. The molecule has 0 aliphatic carbocycles. The number of nitrogens with one attached hydrogen (secondary N) is 1. The standard InChI is InChI=1S/C22H20N6/c1-2-8-19-18(7-1)22(27-21(26-19)16-6-5-11-23-14-16)25-17-9-10-20(24-15-17)28-12-3-4-13-28/h1-2,5-11,14-15H,3-4,12-13H2,(H,25,26,27). The maximum Gasteiger partial charge on any atom is 0.163 e. The lowest BCUT2D eigenvalue weighted by Crippen LogP contribution is -2.18. The summed E-state index contributed by atoms with van der Waals surface area (Å²) in [5, 5.41) is 4.39. The first-order valence-corrected chi connectivity index (χ1v) is 9.52. The minimum atomic E-state index is 0.649. The van der Waals surface area contributed by atoms with E-state index in [9.17, 15) is 0 Å². The van der Waals surface area contributed by atoms with Crippen LogP contribution >= 0.6 is 0 Å². The average molecular weight is 368 g/mol. The van der Waals surface area contributed by atoms with Gasteiger partial charge >= 0.3 is 0 Å². The van der Waals surface area contributed by atoms with E-state index in [1.807, 2.05) is 42.6 Å². The highest BCUT2D eigenvalue weighted by Gasteiger charge is 2.14. The van der Waals surface area contributed by atoms with Crippen molar-refractivity contribution in [2.24, 2.45) is 0 Å². The van der Waals surface area contributed by atoms with Gasteiger partial charge in [-0.15, -0.1) is 0 Å². The van der Waals surface area contributed by atoms with Crippen LogP contribution in [-0.4, -0.2) is 33.0 Å². The van der Waals surface area contributed by atoms with E-state index >= 15 is 0 Å². The van der Waals surface area contributed by atoms with E-state index in [4.69, 9.17) is 9.97 Å². The zero-order valence-corrected chi connectivity index (χ0v) is 15.4. The Kier molecular flexibility index (Phi) is 4.29. The zero-order chi connectivity index (χ0) is 18.8. The van der Waals surface area contributed by atoms with E-state index in [0.717, 1.165) is 46.9 Å². The summed E-state index contributed by atoms with van der Waals surface area (Å²) in [5.74, 6) is 2.45. The molecule has 0 saturated carbocycles. The Morgan fingerprint density at radius 1 is 0.857 bits per heavy atom. The molecule has 28 heavy (non-hydrogen) atoms. The predicted octanol–water partition coefficient (Wildman–Crippen LogP) is 4.43. The Morgan fingerprint density at radius 2 is 1.75 bits per heavy atom. The fraction of sp³-hybridized carbons (Fsp3) is 0.182. The normalized spacial score (nSPS) is 13.8. The number of pyridine rings is 2. The predicted molar refractivity (Wildman–Crippen MR) is 112 cm³/mol. The van der Waals surface area contributed by atoms with E-state index in [1.165, 1.54) is 12.8 Å². The molecule has 0 bridgehead atoms. The number of nitrogens with zero attached hydrogens (tertiary/aromatic N) is 5. The van der Waals surface area contributed by atoms with Crippen molar-refractivity contribution in [2.45, 2.75) is 12.8 Å². The third kappa shape index (κ3) is 3.24. The maximum absolute atomic E-state index is 4.77. The van der Waals surface area contributed by atoms with Gasteiger partial charge in [-0.3, -0.25) is 4.98 Å². The van der Waals surface area contributed by atoms with Gasteiger partial charge in [0.2, 0.25) is 0 Å². The first-order valence-electron chi connectivity index (χ1n) is 9.52. The Morgan fingerprint density at radius 3 is 2.54 bits per heavy atom. The van der Waals surface area contributed by atoms with Crippen molar-refractivity contribution in [1.29, 1.82) is 0 Å². The van der Waals surface area contributed by atoms with Crippen LogP contribution in [0.1, 0.15) is 12.8 Å². The van der Waals surface area contributed by atoms with Crippen LogP contribution in [0.3, 0.4) is 0 Å². The number of fused-ring (bicyclic) bond motifs is 1. The van der Waals surface area contributed by atoms with Crippen molar-refractivity contribution < 1.29 is 0 Å². The molecule has 0 atom stereocenters. The highest BCUT2D eigenvalue weighted by molar-refractivity contribution is 5.92. The van der Waals surface area contributed by atoms with Gasteiger partial charge in [-0.1, -0.05) is 12.1 Å². The van der Waals surface area contributed by atoms with Gasteiger partial charge in [-0.25, -0.2) is 15.0 Å². The molecule has 6 nitrogen and oxygen atoms in total. The summed E-state index contributed by atoms with van der Waals surface area (Å²) in [5.41, 5.74) is 2.68. The summed E-state index contributed by atoms with van der Waals surface area (Å²) >= 11 is 0. The van der Waals surface area contributed by atoms with Gasteiger partial charge in [0.25, 0.3) is 0 Å². The SMILES string of the molecule is c1cncc(-c2nc(Nc3ccc(N4CCCC4)nc3)c3ccccc3n2)c1. The number of rotatable bonds is 4. The fourth-order valence-corrected chi connectivity index (χ4v) is 3.53. The third-order valence-corrected chi connectivity index (χ3v) is 4.96. The molecule has 1 saturated heterocycles. The van der Waals surface area contributed by atoms with Gasteiger partial charge in [0.1, 0.15) is 11.6 Å². The zero-order valence-electron chi connectivity index (χ0n) is 15.4. The van der Waals surface area contributed by atoms with Crippen LogP contribution in [0.25, 0.3) is 22.3 Å². The molecule has 1 aromatic carbocycles. The highest BCUT2D eigenvalue weighted by Crippen LogP contribution is 2.27. The van der Waals surface area contributed by atoms with Crippen LogP contribution in [0.15, 0.2) is 67.1 Å². The van der Waals surface area contributed by atoms with Gasteiger partial charge < -0.3 is 10.2 Å². The fourth-order valence-electron chi connectivity index (χ4n) is 3.53. The smallest absolute Gasteiger partial charge is 0.163 e. The van der Waals surface area contributed by atoms with Gasteiger partial charge in [0.15, 0.2) is 5.82 Å². The first-order chi connectivity index (χ1) is 13.9. The lowest BCUT2D eigenvalue weighted by molar-refractivity contribution is 0.938. The topological polar surface area (TPSA) is 66.8 Å². The molecule has 6 heteroatoms. The molecule has 5 rings (SSSR count). The maximum atomic E-state index is 4.77. The van der Waals surface area contributed by atoms with Crippen molar-refractivity contribution in [2.75, 3.05) is 23.3 Å². The molecule has 0 unspecified atom stereocenters. The second-order valence-electron chi connectivity index (χ2n) is 6.88. The number of benzene rings is 1. The lowest BCUT2D eigenvalue weighted by atomic mass is 10.2. The van der Waals surface area contributed by atoms with Crippen LogP contribution in [0.5, 0.6) is 0 Å². The quantitative estimate of drug-likeness (QED) is 0.575. The third-order valence-electron chi connectivity index (χ3n) is 4.96. The molecule has 0 amide bonds. The van der Waals surface area contributed by atoms with Crippen LogP contribution in [0.4, 0.5) is 17.3 Å². The molecule has 138 valence electrons. The van der Waals surface area contributed by atoms with Gasteiger partial charge in [0.05, 0.1) is 17.4 Å². The molecule has 4 heterocycles. The largest absolute Gasteiger partial charge is 0.357 e. The average Bonchev–Trinajstić information content (AvgIpc) is 3.30. The van der Waals surface area contributed by atoms with E-state index in [2.05, 4.69) is 32.3 Å². The summed E-state index contributed by atoms with van der Waals surface area (Å²) < 4.78 is 0. The number of aromatic nitrogens is 4. The molecular formula is C22H20N6. The summed E-state index contributed by atoms with van der Waals surface area (Å²) in [6.45, 7) is 2.18. The van der Waals surface area contributed by atoms with Crippen molar-refractivity contribution in [3.63, 3.8) is 0 Å². The number of para-hydroxylation sites is 1. The minimum absolute atomic E-state index is 0.649. The summed E-state index contributed by atoms with van der Waals surface area (Å²) in [6, 6.07) is 16.0. The van der Waals surface area contributed by atoms with Gasteiger partial charge in [-0.05, 0) is 49.2 Å². The summed E-state index contributed by atoms with van der Waals surface area (Å²) in [4.78, 5) is 20.6. The molecule has 1 fully saturated rings. The second kappa shape index (κ2) is 7.23. The lowest BCUT2D eigenvalue weighted by Gasteiger charge is -2.16. The van der Waals surface area contributed by atoms with E-state index in [0.29, 0.717) is 5.82 Å². The number of hydrogen-bond acceptors (Lipinski definition) is 6. The van der Waals surface area contributed by atoms with Crippen molar-refractivity contribution in [3.05, 3.63) is 67.1 Å². The molecule has 0 radical (unpaired) electrons. The van der Waals surface area contributed by atoms with Gasteiger partial charge in [-0.2, -0.15) is 0 Å². The number of hydrogen-bond donors (Lipinski definition) is 1. The van der Waals surface area contributed by atoms with E-state index < -0.39 is 0 Å². The minimum Gasteiger partial charge on any atom is -0.357 e. The van der Waals surface area contributed by atoms with Crippen LogP contribution in [-0.2, 0) is 0 Å². The molecular weight excluding hydrogens is 348 g/mol. The Labute approximate surface area is 163 Å². The molecule has 4 aromatic rings. The van der Waals surface area contributed by atoms with Crippen LogP contribution < -0.4 is 10.2 Å². The van der Waals surface area contributed by atoms with Crippen LogP contribution in [0.2, 0.25) is 0 Å². The molecule has 1 aliphatic heterocycles. The molecule has 1 aliphatic rings. The van der Waals surface area contributed by atoms with Crippen molar-refractivity contribution in [3.8, 4) is 11.4 Å². The van der Waals surface area contributed by atoms with Crippen molar-refractivity contribution >= 4 is 28.2 Å². The van der Waals surface area contributed by atoms with E-state index in [-0.39, 0.29) is 0 Å². The Bertz CT molecular complexity index is 1090. The summed E-state index contributed by atoms with van der Waals surface area (Å²) in [6.07, 6.45) is 7.88. The second-order valence-corrected chi connectivity index (χ2v) is 6.88. The van der Waals surface area contributed by atoms with Crippen LogP contribution in [0, 0.1) is 0 Å².